The van der Waals surface area contributed by atoms with Gasteiger partial charge in [-0.05, 0) is 70.8 Å². The monoisotopic (exact) mass is 411 g/mol. The van der Waals surface area contributed by atoms with Crippen LogP contribution in [0.4, 0.5) is 5.82 Å². The van der Waals surface area contributed by atoms with Crippen LogP contribution in [0.5, 0.6) is 0 Å². The number of carbonyl (C=O) groups is 1. The van der Waals surface area contributed by atoms with Crippen molar-refractivity contribution in [2.75, 3.05) is 44.2 Å². The normalized spacial score (nSPS) is 26.0. The summed E-state index contributed by atoms with van der Waals surface area (Å²) < 4.78 is 0. The second-order valence-corrected chi connectivity index (χ2v) is 10.0. The van der Waals surface area contributed by atoms with E-state index >= 15 is 0 Å². The van der Waals surface area contributed by atoms with Gasteiger partial charge in [-0.2, -0.15) is 0 Å². The molecule has 1 aromatic rings. The lowest BCUT2D eigenvalue weighted by Gasteiger charge is -2.42. The lowest BCUT2D eigenvalue weighted by molar-refractivity contribution is -0.130. The molecule has 1 amide bonds. The van der Waals surface area contributed by atoms with Gasteiger partial charge in [0.05, 0.1) is 0 Å². The van der Waals surface area contributed by atoms with Gasteiger partial charge >= 0.3 is 0 Å². The van der Waals surface area contributed by atoms with E-state index in [1.54, 1.807) is 6.92 Å². The Hall–Kier alpha value is -1.69. The molecule has 0 bridgehead atoms. The Bertz CT molecular complexity index is 784. The average molecular weight is 412 g/mol. The van der Waals surface area contributed by atoms with E-state index in [9.17, 15) is 4.79 Å². The summed E-state index contributed by atoms with van der Waals surface area (Å²) in [5.74, 6) is 3.89. The third-order valence-electron chi connectivity index (χ3n) is 7.78. The van der Waals surface area contributed by atoms with Gasteiger partial charge in [-0.25, -0.2) is 9.97 Å². The van der Waals surface area contributed by atoms with Crippen molar-refractivity contribution in [3.63, 3.8) is 0 Å². The molecule has 2 saturated heterocycles. The van der Waals surface area contributed by atoms with E-state index in [4.69, 9.17) is 9.97 Å². The zero-order valence-corrected chi connectivity index (χ0v) is 18.8. The van der Waals surface area contributed by atoms with Gasteiger partial charge in [-0.3, -0.25) is 9.69 Å². The lowest BCUT2D eigenvalue weighted by Crippen LogP contribution is -2.49. The summed E-state index contributed by atoms with van der Waals surface area (Å²) in [5, 5.41) is 0. The van der Waals surface area contributed by atoms with Crippen molar-refractivity contribution < 1.29 is 4.79 Å². The highest BCUT2D eigenvalue weighted by Gasteiger charge is 2.33. The van der Waals surface area contributed by atoms with E-state index in [-0.39, 0.29) is 5.91 Å². The molecule has 1 aliphatic carbocycles. The number of aromatic nitrogens is 2. The molecule has 1 unspecified atom stereocenters. The van der Waals surface area contributed by atoms with Crippen molar-refractivity contribution in [2.24, 2.45) is 5.92 Å². The Morgan fingerprint density at radius 3 is 2.53 bits per heavy atom. The Morgan fingerprint density at radius 1 is 1.00 bits per heavy atom. The number of aryl methyl sites for hydroxylation is 1. The predicted octanol–water partition coefficient (Wildman–Crippen LogP) is 3.14. The maximum atomic E-state index is 11.7. The van der Waals surface area contributed by atoms with E-state index in [1.165, 1.54) is 62.3 Å². The molecule has 0 N–H and O–H groups in total. The third kappa shape index (κ3) is 4.20. The highest BCUT2D eigenvalue weighted by molar-refractivity contribution is 5.73. The second kappa shape index (κ2) is 8.45. The smallest absolute Gasteiger partial charge is 0.219 e. The Morgan fingerprint density at radius 2 is 1.80 bits per heavy atom. The van der Waals surface area contributed by atoms with Crippen LogP contribution in [0.15, 0.2) is 0 Å². The first-order chi connectivity index (χ1) is 14.6. The van der Waals surface area contributed by atoms with Gasteiger partial charge in [0.2, 0.25) is 5.91 Å². The van der Waals surface area contributed by atoms with Crippen LogP contribution in [0.25, 0.3) is 0 Å². The summed E-state index contributed by atoms with van der Waals surface area (Å²) in [5.41, 5.74) is 2.61. The van der Waals surface area contributed by atoms with Crippen molar-refractivity contribution in [3.8, 4) is 0 Å². The van der Waals surface area contributed by atoms with Crippen LogP contribution in [-0.2, 0) is 11.2 Å². The van der Waals surface area contributed by atoms with Gasteiger partial charge in [0.15, 0.2) is 0 Å². The molecule has 0 radical (unpaired) electrons. The van der Waals surface area contributed by atoms with Crippen LogP contribution in [0.2, 0.25) is 0 Å². The maximum Gasteiger partial charge on any atom is 0.219 e. The first-order valence-electron chi connectivity index (χ1n) is 12.2. The van der Waals surface area contributed by atoms with E-state index in [2.05, 4.69) is 16.7 Å². The number of likely N-dealkylation sites (tertiary alicyclic amines) is 2. The fourth-order valence-corrected chi connectivity index (χ4v) is 5.78. The number of carbonyl (C=O) groups excluding carboxylic acids is 1. The van der Waals surface area contributed by atoms with Gasteiger partial charge < -0.3 is 9.80 Å². The Balaban J connectivity index is 1.30. The largest absolute Gasteiger partial charge is 0.356 e. The molecule has 1 atom stereocenters. The van der Waals surface area contributed by atoms with Crippen LogP contribution in [0.3, 0.4) is 0 Å². The molecule has 6 heteroatoms. The highest BCUT2D eigenvalue weighted by atomic mass is 16.2. The molecule has 4 aliphatic rings. The molecule has 4 heterocycles. The minimum Gasteiger partial charge on any atom is -0.356 e. The molecule has 5 rings (SSSR count). The van der Waals surface area contributed by atoms with Crippen LogP contribution in [-0.4, -0.2) is 71.0 Å². The van der Waals surface area contributed by atoms with Gasteiger partial charge in [-0.1, -0.05) is 0 Å². The summed E-state index contributed by atoms with van der Waals surface area (Å²) in [7, 11) is 0. The van der Waals surface area contributed by atoms with Crippen LogP contribution >= 0.6 is 0 Å². The SMILES string of the molecule is CC(=O)N1CCC(N2CCCC(c3nc(C)c4c(n3)N(CC3CC3)CCC4)C2)CC1. The lowest BCUT2D eigenvalue weighted by atomic mass is 9.92. The van der Waals surface area contributed by atoms with Crippen molar-refractivity contribution in [2.45, 2.75) is 77.2 Å². The van der Waals surface area contributed by atoms with Crippen LogP contribution in [0.1, 0.15) is 74.9 Å². The van der Waals surface area contributed by atoms with Crippen molar-refractivity contribution >= 4 is 11.7 Å². The Kier molecular flexibility index (Phi) is 5.69. The average Bonchev–Trinajstić information content (AvgIpc) is 3.58. The van der Waals surface area contributed by atoms with Crippen molar-refractivity contribution in [3.05, 3.63) is 17.1 Å². The molecule has 6 nitrogen and oxygen atoms in total. The minimum atomic E-state index is 0.221. The van der Waals surface area contributed by atoms with Crippen LogP contribution in [0, 0.1) is 12.8 Å². The summed E-state index contributed by atoms with van der Waals surface area (Å²) in [6.45, 7) is 10.3. The number of hydrogen-bond donors (Lipinski definition) is 0. The quantitative estimate of drug-likeness (QED) is 0.762. The molecule has 3 aliphatic heterocycles. The van der Waals surface area contributed by atoms with E-state index < -0.39 is 0 Å². The number of nitrogens with zero attached hydrogens (tertiary/aromatic N) is 5. The summed E-state index contributed by atoms with van der Waals surface area (Å²) >= 11 is 0. The van der Waals surface area contributed by atoms with Gasteiger partial charge in [0.1, 0.15) is 11.6 Å². The minimum absolute atomic E-state index is 0.221. The van der Waals surface area contributed by atoms with Crippen molar-refractivity contribution in [1.82, 2.24) is 19.8 Å². The molecule has 0 aromatic carbocycles. The summed E-state index contributed by atoms with van der Waals surface area (Å²) in [6.07, 6.45) is 9.78. The van der Waals surface area contributed by atoms with Crippen molar-refractivity contribution in [1.29, 1.82) is 0 Å². The third-order valence-corrected chi connectivity index (χ3v) is 7.78. The Labute approximate surface area is 181 Å². The second-order valence-electron chi connectivity index (χ2n) is 10.0. The highest BCUT2D eigenvalue weighted by Crippen LogP contribution is 2.36. The molecular weight excluding hydrogens is 374 g/mol. The summed E-state index contributed by atoms with van der Waals surface area (Å²) in [6, 6.07) is 0.605. The summed E-state index contributed by atoms with van der Waals surface area (Å²) in [4.78, 5) is 29.1. The first kappa shape index (κ1) is 20.2. The molecule has 1 saturated carbocycles. The number of fused-ring (bicyclic) bond motifs is 1. The van der Waals surface area contributed by atoms with Gasteiger partial charge in [0.25, 0.3) is 0 Å². The molecule has 1 aromatic heterocycles. The zero-order valence-electron chi connectivity index (χ0n) is 18.8. The fourth-order valence-electron chi connectivity index (χ4n) is 5.78. The molecule has 164 valence electrons. The number of amides is 1. The molecular formula is C24H37N5O. The predicted molar refractivity (Wildman–Crippen MR) is 119 cm³/mol. The van der Waals surface area contributed by atoms with Gasteiger partial charge in [-0.15, -0.1) is 0 Å². The number of piperidine rings is 2. The van der Waals surface area contributed by atoms with Gasteiger partial charge in [0, 0.05) is 62.9 Å². The molecule has 0 spiro atoms. The number of anilines is 1. The maximum absolute atomic E-state index is 11.7. The zero-order chi connectivity index (χ0) is 20.7. The topological polar surface area (TPSA) is 52.6 Å². The fraction of sp³-hybridized carbons (Fsp3) is 0.792. The molecule has 30 heavy (non-hydrogen) atoms. The van der Waals surface area contributed by atoms with E-state index in [1.807, 2.05) is 4.90 Å². The van der Waals surface area contributed by atoms with E-state index in [0.29, 0.717) is 12.0 Å². The number of hydrogen-bond acceptors (Lipinski definition) is 5. The first-order valence-corrected chi connectivity index (χ1v) is 12.2. The molecule has 3 fully saturated rings. The van der Waals surface area contributed by atoms with Crippen LogP contribution < -0.4 is 4.90 Å². The van der Waals surface area contributed by atoms with E-state index in [0.717, 1.165) is 57.2 Å². The number of rotatable bonds is 4. The standard InChI is InChI=1S/C24H37N5O/c1-17-22-6-4-12-29(15-19-7-8-19)24(22)26-23(25-17)20-5-3-11-28(16-20)21-9-13-27(14-10-21)18(2)30/h19-21H,3-16H2,1-2H3.